The summed E-state index contributed by atoms with van der Waals surface area (Å²) in [5.74, 6) is 0.0381. The molecule has 0 bridgehead atoms. The number of Topliss-reactive ketones (excluding diaryl/α,β-unsaturated/α-hetero) is 1. The minimum atomic E-state index is -3.53. The van der Waals surface area contributed by atoms with Crippen LogP contribution in [0.4, 0.5) is 0 Å². The largest absolute Gasteiger partial charge is 0.484 e. The van der Waals surface area contributed by atoms with Gasteiger partial charge in [-0.3, -0.25) is 9.59 Å². The Labute approximate surface area is 171 Å². The molecule has 0 atom stereocenters. The van der Waals surface area contributed by atoms with Crippen LogP contribution in [0.2, 0.25) is 0 Å². The van der Waals surface area contributed by atoms with Gasteiger partial charge in [-0.15, -0.1) is 0 Å². The summed E-state index contributed by atoms with van der Waals surface area (Å²) in [6, 6.07) is 12.9. The van der Waals surface area contributed by atoms with Gasteiger partial charge in [-0.1, -0.05) is 24.3 Å². The van der Waals surface area contributed by atoms with E-state index in [2.05, 4.69) is 5.32 Å². The molecule has 8 heteroatoms. The average molecular weight is 419 g/mol. The number of amides is 1. The van der Waals surface area contributed by atoms with E-state index in [4.69, 9.17) is 4.74 Å². The first-order valence-corrected chi connectivity index (χ1v) is 10.6. The van der Waals surface area contributed by atoms with E-state index in [1.807, 2.05) is 0 Å². The van der Waals surface area contributed by atoms with Crippen molar-refractivity contribution >= 4 is 21.7 Å². The smallest absolute Gasteiger partial charge is 0.258 e. The Kier molecular flexibility index (Phi) is 7.53. The van der Waals surface area contributed by atoms with Crippen LogP contribution in [0, 0.1) is 0 Å². The van der Waals surface area contributed by atoms with Gasteiger partial charge >= 0.3 is 0 Å². The summed E-state index contributed by atoms with van der Waals surface area (Å²) in [4.78, 5) is 23.6. The van der Waals surface area contributed by atoms with Crippen molar-refractivity contribution in [2.45, 2.75) is 38.3 Å². The second kappa shape index (κ2) is 9.67. The van der Waals surface area contributed by atoms with E-state index in [9.17, 15) is 18.0 Å². The van der Waals surface area contributed by atoms with E-state index in [0.717, 1.165) is 5.56 Å². The number of nitrogens with one attached hydrogen (secondary N) is 1. The predicted molar refractivity (Wildman–Crippen MR) is 110 cm³/mol. The van der Waals surface area contributed by atoms with Crippen molar-refractivity contribution in [3.63, 3.8) is 0 Å². The van der Waals surface area contributed by atoms with Crippen LogP contribution in [-0.2, 0) is 21.4 Å². The van der Waals surface area contributed by atoms with Crippen molar-refractivity contribution in [2.24, 2.45) is 0 Å². The standard InChI is InChI=1S/C21H26N2O5S/c1-15(2)23(4)29(26,27)20-10-8-17(9-11-20)13-22-21(25)14-28-19-7-5-6-18(12-19)16(3)24/h5-12,15H,13-14H2,1-4H3,(H,22,25). The Balaban J connectivity index is 1.89. The second-order valence-electron chi connectivity index (χ2n) is 6.91. The fourth-order valence-electron chi connectivity index (χ4n) is 2.43. The third-order valence-corrected chi connectivity index (χ3v) is 6.48. The molecular formula is C21H26N2O5S. The average Bonchev–Trinajstić information content (AvgIpc) is 2.70. The van der Waals surface area contributed by atoms with Gasteiger partial charge in [-0.25, -0.2) is 8.42 Å². The fraction of sp³-hybridized carbons (Fsp3) is 0.333. The zero-order chi connectivity index (χ0) is 21.6. The van der Waals surface area contributed by atoms with E-state index in [1.165, 1.54) is 23.4 Å². The van der Waals surface area contributed by atoms with Crippen molar-refractivity contribution in [2.75, 3.05) is 13.7 Å². The van der Waals surface area contributed by atoms with Crippen LogP contribution in [-0.4, -0.2) is 44.1 Å². The van der Waals surface area contributed by atoms with Crippen LogP contribution in [0.5, 0.6) is 5.75 Å². The van der Waals surface area contributed by atoms with Gasteiger partial charge in [0.05, 0.1) is 4.90 Å². The van der Waals surface area contributed by atoms with Crippen molar-refractivity contribution in [3.8, 4) is 5.75 Å². The lowest BCUT2D eigenvalue weighted by Gasteiger charge is -2.21. The maximum Gasteiger partial charge on any atom is 0.258 e. The van der Waals surface area contributed by atoms with Crippen LogP contribution in [0.25, 0.3) is 0 Å². The van der Waals surface area contributed by atoms with Gasteiger partial charge < -0.3 is 10.1 Å². The SMILES string of the molecule is CC(=O)c1cccc(OCC(=O)NCc2ccc(S(=O)(=O)N(C)C(C)C)cc2)c1. The minimum absolute atomic E-state index is 0.0787. The number of hydrogen-bond acceptors (Lipinski definition) is 5. The molecule has 0 aliphatic carbocycles. The number of carbonyl (C=O) groups excluding carboxylic acids is 2. The lowest BCUT2D eigenvalue weighted by Crippen LogP contribution is -2.33. The molecule has 0 aromatic heterocycles. The van der Waals surface area contributed by atoms with E-state index in [-0.39, 0.29) is 35.8 Å². The Hall–Kier alpha value is -2.71. The number of rotatable bonds is 9. The molecule has 0 saturated carbocycles. The third kappa shape index (κ3) is 6.13. The van der Waals surface area contributed by atoms with E-state index >= 15 is 0 Å². The number of benzene rings is 2. The lowest BCUT2D eigenvalue weighted by atomic mass is 10.1. The Bertz CT molecular complexity index is 969. The highest BCUT2D eigenvalue weighted by Crippen LogP contribution is 2.17. The molecule has 2 aromatic rings. The summed E-state index contributed by atoms with van der Waals surface area (Å²) >= 11 is 0. The molecular weight excluding hydrogens is 392 g/mol. The molecule has 0 aliphatic rings. The lowest BCUT2D eigenvalue weighted by molar-refractivity contribution is -0.123. The third-order valence-electron chi connectivity index (χ3n) is 4.43. The normalized spacial score (nSPS) is 11.5. The highest BCUT2D eigenvalue weighted by atomic mass is 32.2. The number of carbonyl (C=O) groups is 2. The van der Waals surface area contributed by atoms with Crippen molar-refractivity contribution < 1.29 is 22.7 Å². The van der Waals surface area contributed by atoms with E-state index in [1.54, 1.807) is 57.3 Å². The highest BCUT2D eigenvalue weighted by molar-refractivity contribution is 7.89. The van der Waals surface area contributed by atoms with Crippen LogP contribution in [0.3, 0.4) is 0 Å². The van der Waals surface area contributed by atoms with Gasteiger partial charge in [0.2, 0.25) is 10.0 Å². The van der Waals surface area contributed by atoms with Gasteiger partial charge in [0.15, 0.2) is 12.4 Å². The van der Waals surface area contributed by atoms with Crippen molar-refractivity contribution in [1.29, 1.82) is 0 Å². The molecule has 7 nitrogen and oxygen atoms in total. The molecule has 0 spiro atoms. The molecule has 0 radical (unpaired) electrons. The highest BCUT2D eigenvalue weighted by Gasteiger charge is 2.22. The van der Waals surface area contributed by atoms with Crippen LogP contribution >= 0.6 is 0 Å². The Morgan fingerprint density at radius 3 is 2.34 bits per heavy atom. The zero-order valence-corrected chi connectivity index (χ0v) is 17.8. The minimum Gasteiger partial charge on any atom is -0.484 e. The van der Waals surface area contributed by atoms with Crippen LogP contribution in [0.15, 0.2) is 53.4 Å². The number of sulfonamides is 1. The topological polar surface area (TPSA) is 92.8 Å². The first kappa shape index (κ1) is 22.6. The number of ether oxygens (including phenoxy) is 1. The van der Waals surface area contributed by atoms with Gasteiger partial charge in [0.1, 0.15) is 5.75 Å². The number of nitrogens with zero attached hydrogens (tertiary/aromatic N) is 1. The summed E-state index contributed by atoms with van der Waals surface area (Å²) in [6.07, 6.45) is 0. The molecule has 0 fully saturated rings. The molecule has 0 aliphatic heterocycles. The maximum absolute atomic E-state index is 12.5. The zero-order valence-electron chi connectivity index (χ0n) is 17.0. The summed E-state index contributed by atoms with van der Waals surface area (Å²) in [5.41, 5.74) is 1.28. The maximum atomic E-state index is 12.5. The molecule has 1 amide bonds. The van der Waals surface area contributed by atoms with Gasteiger partial charge in [-0.2, -0.15) is 4.31 Å². The monoisotopic (exact) mass is 418 g/mol. The molecule has 2 rings (SSSR count). The summed E-state index contributed by atoms with van der Waals surface area (Å²) in [5, 5.41) is 2.72. The number of ketones is 1. The summed E-state index contributed by atoms with van der Waals surface area (Å²) in [6.45, 7) is 5.13. The van der Waals surface area contributed by atoms with E-state index in [0.29, 0.717) is 11.3 Å². The Morgan fingerprint density at radius 2 is 1.76 bits per heavy atom. The van der Waals surface area contributed by atoms with Gasteiger partial charge in [-0.05, 0) is 50.6 Å². The first-order chi connectivity index (χ1) is 13.6. The molecule has 29 heavy (non-hydrogen) atoms. The molecule has 156 valence electrons. The van der Waals surface area contributed by atoms with Crippen molar-refractivity contribution in [3.05, 3.63) is 59.7 Å². The van der Waals surface area contributed by atoms with Crippen LogP contribution < -0.4 is 10.1 Å². The van der Waals surface area contributed by atoms with E-state index < -0.39 is 10.0 Å². The van der Waals surface area contributed by atoms with Gasteiger partial charge in [0.25, 0.3) is 5.91 Å². The molecule has 1 N–H and O–H groups in total. The molecule has 0 unspecified atom stereocenters. The van der Waals surface area contributed by atoms with Crippen LogP contribution in [0.1, 0.15) is 36.7 Å². The first-order valence-electron chi connectivity index (χ1n) is 9.18. The molecule has 2 aromatic carbocycles. The summed E-state index contributed by atoms with van der Waals surface area (Å²) < 4.78 is 31.6. The molecule has 0 saturated heterocycles. The number of hydrogen-bond donors (Lipinski definition) is 1. The predicted octanol–water partition coefficient (Wildman–Crippen LogP) is 2.61. The Morgan fingerprint density at radius 1 is 1.10 bits per heavy atom. The fourth-order valence-corrected chi connectivity index (χ4v) is 3.80. The molecule has 0 heterocycles. The quantitative estimate of drug-likeness (QED) is 0.632. The summed E-state index contributed by atoms with van der Waals surface area (Å²) in [7, 11) is -1.99. The van der Waals surface area contributed by atoms with Crippen molar-refractivity contribution in [1.82, 2.24) is 9.62 Å². The second-order valence-corrected chi connectivity index (χ2v) is 8.91. The van der Waals surface area contributed by atoms with Gasteiger partial charge in [0, 0.05) is 25.2 Å².